The first-order chi connectivity index (χ1) is 10.1. The van der Waals surface area contributed by atoms with Crippen LogP contribution in [0.2, 0.25) is 0 Å². The third kappa shape index (κ3) is 7.14. The average molecular weight is 329 g/mol. The third-order valence-electron chi connectivity index (χ3n) is 3.14. The summed E-state index contributed by atoms with van der Waals surface area (Å²) in [5.74, 6) is 1.37. The van der Waals surface area contributed by atoms with Crippen molar-refractivity contribution in [2.75, 3.05) is 20.2 Å². The smallest absolute Gasteiger partial charge is 0.234 e. The summed E-state index contributed by atoms with van der Waals surface area (Å²) in [6, 6.07) is 7.96. The zero-order valence-electron chi connectivity index (χ0n) is 14.0. The molecule has 0 aliphatic carbocycles. The Bertz CT molecular complexity index is 438. The largest absolute Gasteiger partial charge is 0.493 e. The minimum atomic E-state index is -0.0149. The molecule has 5 heteroatoms. The van der Waals surface area contributed by atoms with Crippen molar-refractivity contribution in [2.45, 2.75) is 39.7 Å². The van der Waals surface area contributed by atoms with Crippen LogP contribution in [0.1, 0.15) is 45.2 Å². The Morgan fingerprint density at radius 3 is 2.55 bits per heavy atom. The van der Waals surface area contributed by atoms with Crippen LogP contribution in [-0.2, 0) is 4.79 Å². The second-order valence-corrected chi connectivity index (χ2v) is 5.67. The Balaban J connectivity index is 0.00000441. The molecule has 4 nitrogen and oxygen atoms in total. The van der Waals surface area contributed by atoms with Crippen LogP contribution in [0, 0.1) is 5.92 Å². The van der Waals surface area contributed by atoms with Gasteiger partial charge >= 0.3 is 0 Å². The van der Waals surface area contributed by atoms with Crippen LogP contribution < -0.4 is 15.4 Å². The molecule has 1 atom stereocenters. The Labute approximate surface area is 140 Å². The lowest BCUT2D eigenvalue weighted by Gasteiger charge is -2.23. The lowest BCUT2D eigenvalue weighted by Crippen LogP contribution is -2.35. The predicted octanol–water partition coefficient (Wildman–Crippen LogP) is 3.32. The molecule has 1 unspecified atom stereocenters. The van der Waals surface area contributed by atoms with E-state index in [1.54, 1.807) is 7.05 Å². The average Bonchev–Trinajstić information content (AvgIpc) is 2.44. The molecule has 0 bridgehead atoms. The van der Waals surface area contributed by atoms with Crippen LogP contribution in [0.3, 0.4) is 0 Å². The van der Waals surface area contributed by atoms with Gasteiger partial charge in [0, 0.05) is 5.56 Å². The highest BCUT2D eigenvalue weighted by molar-refractivity contribution is 5.85. The standard InChI is InChI=1S/C17H28N2O2.ClH/c1-5-10-21-16-9-7-6-8-14(16)15(11-13(2)3)19-17(20)12-18-4;/h6-9,13,15,18H,5,10-12H2,1-4H3,(H,19,20);1H. The van der Waals surface area contributed by atoms with Crippen molar-refractivity contribution >= 4 is 18.3 Å². The number of carbonyl (C=O) groups excluding carboxylic acids is 1. The molecule has 0 saturated carbocycles. The maximum Gasteiger partial charge on any atom is 0.234 e. The van der Waals surface area contributed by atoms with Crippen LogP contribution in [0.5, 0.6) is 5.75 Å². The molecule has 1 amide bonds. The van der Waals surface area contributed by atoms with Crippen molar-refractivity contribution in [1.29, 1.82) is 0 Å². The van der Waals surface area contributed by atoms with E-state index in [1.807, 2.05) is 24.3 Å². The Morgan fingerprint density at radius 2 is 1.95 bits per heavy atom. The van der Waals surface area contributed by atoms with Gasteiger partial charge in [-0.3, -0.25) is 4.79 Å². The number of halogens is 1. The normalized spacial score (nSPS) is 11.7. The summed E-state index contributed by atoms with van der Waals surface area (Å²) in [6.07, 6.45) is 1.86. The monoisotopic (exact) mass is 328 g/mol. The topological polar surface area (TPSA) is 50.4 Å². The first kappa shape index (κ1) is 20.7. The van der Waals surface area contributed by atoms with E-state index >= 15 is 0 Å². The predicted molar refractivity (Wildman–Crippen MR) is 93.7 cm³/mol. The number of amides is 1. The number of hydrogen-bond acceptors (Lipinski definition) is 3. The highest BCUT2D eigenvalue weighted by Gasteiger charge is 2.19. The van der Waals surface area contributed by atoms with Crippen molar-refractivity contribution in [3.05, 3.63) is 29.8 Å². The molecular formula is C17H29ClN2O2. The summed E-state index contributed by atoms with van der Waals surface area (Å²) in [5, 5.41) is 5.98. The highest BCUT2D eigenvalue weighted by atomic mass is 35.5. The van der Waals surface area contributed by atoms with Gasteiger partial charge in [-0.25, -0.2) is 0 Å². The molecule has 2 N–H and O–H groups in total. The number of likely N-dealkylation sites (N-methyl/N-ethyl adjacent to an activating group) is 1. The van der Waals surface area contributed by atoms with Gasteiger partial charge in [-0.2, -0.15) is 0 Å². The van der Waals surface area contributed by atoms with Gasteiger partial charge < -0.3 is 15.4 Å². The number of ether oxygens (including phenoxy) is 1. The molecule has 22 heavy (non-hydrogen) atoms. The van der Waals surface area contributed by atoms with Gasteiger partial charge in [-0.05, 0) is 31.9 Å². The quantitative estimate of drug-likeness (QED) is 0.731. The minimum Gasteiger partial charge on any atom is -0.493 e. The molecule has 1 aromatic rings. The summed E-state index contributed by atoms with van der Waals surface area (Å²) in [5.41, 5.74) is 1.06. The number of hydrogen-bond donors (Lipinski definition) is 2. The molecule has 0 radical (unpaired) electrons. The van der Waals surface area contributed by atoms with E-state index in [0.717, 1.165) is 24.2 Å². The SMILES string of the molecule is CCCOc1ccccc1C(CC(C)C)NC(=O)CNC.Cl. The number of benzene rings is 1. The second kappa shape index (κ2) is 11.3. The van der Waals surface area contributed by atoms with E-state index in [2.05, 4.69) is 31.4 Å². The molecular weight excluding hydrogens is 300 g/mol. The van der Waals surface area contributed by atoms with Crippen molar-refractivity contribution in [3.63, 3.8) is 0 Å². The number of carbonyl (C=O) groups is 1. The third-order valence-corrected chi connectivity index (χ3v) is 3.14. The Kier molecular flexibility index (Phi) is 10.7. The zero-order valence-corrected chi connectivity index (χ0v) is 14.8. The Hall–Kier alpha value is -1.26. The minimum absolute atomic E-state index is 0. The van der Waals surface area contributed by atoms with Crippen molar-refractivity contribution in [3.8, 4) is 5.75 Å². The zero-order chi connectivity index (χ0) is 15.7. The maximum absolute atomic E-state index is 11.9. The Morgan fingerprint density at radius 1 is 1.27 bits per heavy atom. The van der Waals surface area contributed by atoms with Crippen LogP contribution >= 0.6 is 12.4 Å². The lowest BCUT2D eigenvalue weighted by atomic mass is 9.96. The van der Waals surface area contributed by atoms with Gasteiger partial charge in [-0.15, -0.1) is 12.4 Å². The number of para-hydroxylation sites is 1. The fourth-order valence-corrected chi connectivity index (χ4v) is 2.25. The molecule has 126 valence electrons. The summed E-state index contributed by atoms with van der Waals surface area (Å²) in [7, 11) is 1.77. The van der Waals surface area contributed by atoms with E-state index in [1.165, 1.54) is 0 Å². The van der Waals surface area contributed by atoms with Crippen LogP contribution in [-0.4, -0.2) is 26.1 Å². The molecule has 1 rings (SSSR count). The van der Waals surface area contributed by atoms with E-state index in [-0.39, 0.29) is 24.4 Å². The van der Waals surface area contributed by atoms with Crippen LogP contribution in [0.25, 0.3) is 0 Å². The van der Waals surface area contributed by atoms with Crippen molar-refractivity contribution in [2.24, 2.45) is 5.92 Å². The van der Waals surface area contributed by atoms with Crippen LogP contribution in [0.15, 0.2) is 24.3 Å². The molecule has 1 aromatic carbocycles. The molecule has 0 aromatic heterocycles. The maximum atomic E-state index is 11.9. The first-order valence-electron chi connectivity index (χ1n) is 7.74. The van der Waals surface area contributed by atoms with Gasteiger partial charge in [0.2, 0.25) is 5.91 Å². The highest BCUT2D eigenvalue weighted by Crippen LogP contribution is 2.29. The molecule has 0 saturated heterocycles. The van der Waals surface area contributed by atoms with Gasteiger partial charge in [-0.1, -0.05) is 39.0 Å². The molecule has 0 spiro atoms. The van der Waals surface area contributed by atoms with Gasteiger partial charge in [0.25, 0.3) is 0 Å². The number of rotatable bonds is 9. The lowest BCUT2D eigenvalue weighted by molar-refractivity contribution is -0.121. The second-order valence-electron chi connectivity index (χ2n) is 5.67. The summed E-state index contributed by atoms with van der Waals surface area (Å²) < 4.78 is 5.82. The molecule has 0 heterocycles. The van der Waals surface area contributed by atoms with E-state index in [0.29, 0.717) is 19.1 Å². The summed E-state index contributed by atoms with van der Waals surface area (Å²) in [6.45, 7) is 7.42. The van der Waals surface area contributed by atoms with Crippen LogP contribution in [0.4, 0.5) is 0 Å². The molecule has 0 aliphatic rings. The first-order valence-corrected chi connectivity index (χ1v) is 7.74. The van der Waals surface area contributed by atoms with E-state index < -0.39 is 0 Å². The summed E-state index contributed by atoms with van der Waals surface area (Å²) >= 11 is 0. The van der Waals surface area contributed by atoms with E-state index in [9.17, 15) is 4.79 Å². The van der Waals surface area contributed by atoms with Gasteiger partial charge in [0.15, 0.2) is 0 Å². The number of nitrogens with one attached hydrogen (secondary N) is 2. The molecule has 0 aliphatic heterocycles. The summed E-state index contributed by atoms with van der Waals surface area (Å²) in [4.78, 5) is 11.9. The fraction of sp³-hybridized carbons (Fsp3) is 0.588. The fourth-order valence-electron chi connectivity index (χ4n) is 2.25. The molecule has 0 fully saturated rings. The van der Waals surface area contributed by atoms with Gasteiger partial charge in [0.05, 0.1) is 19.2 Å². The van der Waals surface area contributed by atoms with Crippen molar-refractivity contribution < 1.29 is 9.53 Å². The van der Waals surface area contributed by atoms with Gasteiger partial charge in [0.1, 0.15) is 5.75 Å². The van der Waals surface area contributed by atoms with Crippen molar-refractivity contribution in [1.82, 2.24) is 10.6 Å². The van der Waals surface area contributed by atoms with E-state index in [4.69, 9.17) is 4.74 Å².